The van der Waals surface area contributed by atoms with Crippen molar-refractivity contribution in [2.24, 2.45) is 0 Å². The normalized spacial score (nSPS) is 14.1. The van der Waals surface area contributed by atoms with Gasteiger partial charge in [0, 0.05) is 13.1 Å². The summed E-state index contributed by atoms with van der Waals surface area (Å²) in [6, 6.07) is 8.62. The topological polar surface area (TPSA) is 109 Å². The number of hydrogen-bond acceptors (Lipinski definition) is 5. The van der Waals surface area contributed by atoms with Crippen LogP contribution >= 0.6 is 0 Å². The second-order valence-corrected chi connectivity index (χ2v) is 5.73. The Labute approximate surface area is 149 Å². The zero-order valence-corrected chi connectivity index (χ0v) is 14.0. The van der Waals surface area contributed by atoms with Crippen molar-refractivity contribution in [2.75, 3.05) is 13.1 Å². The smallest absolute Gasteiger partial charge is 0.287 e. The molecule has 0 radical (unpaired) electrons. The molecule has 1 atom stereocenters. The molecule has 0 bridgehead atoms. The first-order chi connectivity index (χ1) is 12.5. The minimum atomic E-state index is -0.955. The van der Waals surface area contributed by atoms with E-state index < -0.39 is 29.7 Å². The number of nitrogens with one attached hydrogen (secondary N) is 2. The van der Waals surface area contributed by atoms with Gasteiger partial charge in [-0.1, -0.05) is 12.1 Å². The molecule has 8 nitrogen and oxygen atoms in total. The van der Waals surface area contributed by atoms with Crippen LogP contribution in [0.2, 0.25) is 0 Å². The molecule has 0 aliphatic carbocycles. The molecule has 1 aliphatic rings. The van der Waals surface area contributed by atoms with Crippen LogP contribution in [0.5, 0.6) is 0 Å². The van der Waals surface area contributed by atoms with Gasteiger partial charge in [0.25, 0.3) is 17.7 Å². The predicted octanol–water partition coefficient (Wildman–Crippen LogP) is 0.810. The highest BCUT2D eigenvalue weighted by molar-refractivity contribution is 6.22. The average Bonchev–Trinajstić information content (AvgIpc) is 3.26. The zero-order chi connectivity index (χ0) is 18.7. The molecule has 1 unspecified atom stereocenters. The highest BCUT2D eigenvalue weighted by Crippen LogP contribution is 2.24. The van der Waals surface area contributed by atoms with Gasteiger partial charge in [0.15, 0.2) is 5.76 Å². The molecule has 3 rings (SSSR count). The Morgan fingerprint density at radius 3 is 2.19 bits per heavy atom. The van der Waals surface area contributed by atoms with E-state index in [1.165, 1.54) is 19.3 Å². The van der Waals surface area contributed by atoms with Gasteiger partial charge in [0.05, 0.1) is 17.4 Å². The Balaban J connectivity index is 1.52. The number of rotatable bonds is 6. The molecule has 2 heterocycles. The summed E-state index contributed by atoms with van der Waals surface area (Å²) < 4.78 is 4.95. The monoisotopic (exact) mass is 355 g/mol. The summed E-state index contributed by atoms with van der Waals surface area (Å²) in [6.07, 6.45) is 1.39. The fourth-order valence-electron chi connectivity index (χ4n) is 2.68. The largest absolute Gasteiger partial charge is 0.459 e. The standard InChI is InChI=1S/C18H17N3O5/c1-11(21-17(24)12-5-2-3-6-13(12)18(21)25)15(22)19-8-9-20-16(23)14-7-4-10-26-14/h2-7,10-11H,8-9H2,1H3,(H,19,22)(H,20,23). The van der Waals surface area contributed by atoms with Crippen molar-refractivity contribution in [1.82, 2.24) is 15.5 Å². The fraction of sp³-hybridized carbons (Fsp3) is 0.222. The first kappa shape index (κ1) is 17.4. The summed E-state index contributed by atoms with van der Waals surface area (Å²) in [5.74, 6) is -1.67. The van der Waals surface area contributed by atoms with E-state index in [1.807, 2.05) is 0 Å². The molecule has 1 aliphatic heterocycles. The molecular formula is C18H17N3O5. The van der Waals surface area contributed by atoms with Crippen LogP contribution in [0.15, 0.2) is 47.1 Å². The third-order valence-corrected chi connectivity index (χ3v) is 4.05. The minimum Gasteiger partial charge on any atom is -0.459 e. The number of furan rings is 1. The predicted molar refractivity (Wildman–Crippen MR) is 90.5 cm³/mol. The SMILES string of the molecule is CC(C(=O)NCCNC(=O)c1ccco1)N1C(=O)c2ccccc2C1=O. The molecule has 4 amide bonds. The molecule has 0 spiro atoms. The van der Waals surface area contributed by atoms with Crippen LogP contribution in [-0.4, -0.2) is 47.7 Å². The highest BCUT2D eigenvalue weighted by atomic mass is 16.3. The average molecular weight is 355 g/mol. The van der Waals surface area contributed by atoms with Crippen LogP contribution in [0.3, 0.4) is 0 Å². The van der Waals surface area contributed by atoms with Crippen LogP contribution in [0, 0.1) is 0 Å². The maximum Gasteiger partial charge on any atom is 0.287 e. The third-order valence-electron chi connectivity index (χ3n) is 4.05. The van der Waals surface area contributed by atoms with Crippen LogP contribution in [-0.2, 0) is 4.79 Å². The van der Waals surface area contributed by atoms with E-state index in [0.29, 0.717) is 11.1 Å². The van der Waals surface area contributed by atoms with Crippen molar-refractivity contribution in [3.8, 4) is 0 Å². The maximum atomic E-state index is 12.4. The number of nitrogens with zero attached hydrogens (tertiary/aromatic N) is 1. The van der Waals surface area contributed by atoms with E-state index in [4.69, 9.17) is 4.42 Å². The number of imide groups is 1. The number of amides is 4. The van der Waals surface area contributed by atoms with E-state index in [0.717, 1.165) is 4.90 Å². The van der Waals surface area contributed by atoms with Crippen LogP contribution in [0.25, 0.3) is 0 Å². The molecule has 0 saturated heterocycles. The van der Waals surface area contributed by atoms with Gasteiger partial charge >= 0.3 is 0 Å². The van der Waals surface area contributed by atoms with E-state index in [9.17, 15) is 19.2 Å². The van der Waals surface area contributed by atoms with Gasteiger partial charge < -0.3 is 15.1 Å². The second kappa shape index (κ2) is 7.22. The van der Waals surface area contributed by atoms with Gasteiger partial charge in [0.1, 0.15) is 6.04 Å². The van der Waals surface area contributed by atoms with Gasteiger partial charge in [-0.2, -0.15) is 0 Å². The lowest BCUT2D eigenvalue weighted by atomic mass is 10.1. The molecule has 0 saturated carbocycles. The summed E-state index contributed by atoms with van der Waals surface area (Å²) in [4.78, 5) is 49.6. The molecule has 1 aromatic heterocycles. The molecule has 2 N–H and O–H groups in total. The maximum absolute atomic E-state index is 12.4. The van der Waals surface area contributed by atoms with Gasteiger partial charge in [0.2, 0.25) is 5.91 Å². The molecule has 8 heteroatoms. The van der Waals surface area contributed by atoms with Crippen molar-refractivity contribution in [2.45, 2.75) is 13.0 Å². The summed E-state index contributed by atoms with van der Waals surface area (Å²) in [5.41, 5.74) is 0.589. The van der Waals surface area contributed by atoms with Crippen molar-refractivity contribution in [3.63, 3.8) is 0 Å². The summed E-state index contributed by atoms with van der Waals surface area (Å²) in [7, 11) is 0. The Morgan fingerprint density at radius 2 is 1.62 bits per heavy atom. The Morgan fingerprint density at radius 1 is 1.00 bits per heavy atom. The van der Waals surface area contributed by atoms with Crippen LogP contribution in [0.4, 0.5) is 0 Å². The quantitative estimate of drug-likeness (QED) is 0.589. The van der Waals surface area contributed by atoms with Gasteiger partial charge in [-0.3, -0.25) is 24.1 Å². The fourth-order valence-corrected chi connectivity index (χ4v) is 2.68. The lowest BCUT2D eigenvalue weighted by Gasteiger charge is -2.21. The lowest BCUT2D eigenvalue weighted by molar-refractivity contribution is -0.124. The van der Waals surface area contributed by atoms with Gasteiger partial charge in [-0.05, 0) is 31.2 Å². The van der Waals surface area contributed by atoms with Crippen molar-refractivity contribution >= 4 is 23.6 Å². The number of benzene rings is 1. The highest BCUT2D eigenvalue weighted by Gasteiger charge is 2.40. The molecular weight excluding hydrogens is 338 g/mol. The second-order valence-electron chi connectivity index (χ2n) is 5.73. The Kier molecular flexibility index (Phi) is 4.83. The Bertz CT molecular complexity index is 824. The summed E-state index contributed by atoms with van der Waals surface area (Å²) >= 11 is 0. The lowest BCUT2D eigenvalue weighted by Crippen LogP contribution is -2.49. The van der Waals surface area contributed by atoms with Gasteiger partial charge in [-0.15, -0.1) is 0 Å². The summed E-state index contributed by atoms with van der Waals surface area (Å²) in [5, 5.41) is 5.18. The number of fused-ring (bicyclic) bond motifs is 1. The van der Waals surface area contributed by atoms with E-state index in [2.05, 4.69) is 10.6 Å². The van der Waals surface area contributed by atoms with Gasteiger partial charge in [-0.25, -0.2) is 0 Å². The van der Waals surface area contributed by atoms with E-state index in [-0.39, 0.29) is 18.8 Å². The van der Waals surface area contributed by atoms with Crippen molar-refractivity contribution in [1.29, 1.82) is 0 Å². The van der Waals surface area contributed by atoms with E-state index in [1.54, 1.807) is 30.3 Å². The zero-order valence-electron chi connectivity index (χ0n) is 14.0. The van der Waals surface area contributed by atoms with Crippen LogP contribution in [0.1, 0.15) is 38.2 Å². The molecule has 26 heavy (non-hydrogen) atoms. The summed E-state index contributed by atoms with van der Waals surface area (Å²) in [6.45, 7) is 1.82. The first-order valence-corrected chi connectivity index (χ1v) is 8.07. The molecule has 1 aromatic carbocycles. The van der Waals surface area contributed by atoms with Crippen LogP contribution < -0.4 is 10.6 Å². The number of carbonyl (C=O) groups excluding carboxylic acids is 4. The Hall–Kier alpha value is -3.42. The number of hydrogen-bond donors (Lipinski definition) is 2. The molecule has 134 valence electrons. The third kappa shape index (κ3) is 3.21. The van der Waals surface area contributed by atoms with Crippen molar-refractivity contribution in [3.05, 3.63) is 59.5 Å². The molecule has 0 fully saturated rings. The molecule has 2 aromatic rings. The first-order valence-electron chi connectivity index (χ1n) is 8.07. The number of carbonyl (C=O) groups is 4. The van der Waals surface area contributed by atoms with E-state index >= 15 is 0 Å². The minimum absolute atomic E-state index is 0.152. The van der Waals surface area contributed by atoms with Crippen molar-refractivity contribution < 1.29 is 23.6 Å².